The molecule has 0 radical (unpaired) electrons. The van der Waals surface area contributed by atoms with Crippen LogP contribution in [0.25, 0.3) is 10.9 Å². The van der Waals surface area contributed by atoms with E-state index in [-0.39, 0.29) is 5.56 Å². The number of rotatable bonds is 7. The molecule has 0 spiro atoms. The van der Waals surface area contributed by atoms with E-state index in [0.717, 1.165) is 11.3 Å². The highest BCUT2D eigenvalue weighted by Gasteiger charge is 2.14. The Hall–Kier alpha value is -3.13. The molecule has 2 aromatic carbocycles. The predicted octanol–water partition coefficient (Wildman–Crippen LogP) is 3.69. The van der Waals surface area contributed by atoms with Gasteiger partial charge in [0.1, 0.15) is 5.75 Å². The van der Waals surface area contributed by atoms with Gasteiger partial charge in [-0.05, 0) is 29.8 Å². The van der Waals surface area contributed by atoms with Crippen molar-refractivity contribution >= 4 is 22.7 Å². The number of para-hydroxylation sites is 1. The van der Waals surface area contributed by atoms with Crippen molar-refractivity contribution in [3.63, 3.8) is 0 Å². The third-order valence-electron chi connectivity index (χ3n) is 4.48. The highest BCUT2D eigenvalue weighted by atomic mass is 32.2. The van der Waals surface area contributed by atoms with E-state index < -0.39 is 0 Å². The van der Waals surface area contributed by atoms with Gasteiger partial charge in [-0.1, -0.05) is 48.1 Å². The molecular formula is C21H20N4O3S. The molecule has 0 aliphatic carbocycles. The molecule has 4 aromatic rings. The molecule has 29 heavy (non-hydrogen) atoms. The zero-order chi connectivity index (χ0) is 20.2. The maximum absolute atomic E-state index is 13.2. The van der Waals surface area contributed by atoms with Crippen molar-refractivity contribution < 1.29 is 9.26 Å². The molecule has 2 aromatic heterocycles. The second-order valence-electron chi connectivity index (χ2n) is 6.40. The van der Waals surface area contributed by atoms with Gasteiger partial charge >= 0.3 is 0 Å². The van der Waals surface area contributed by atoms with Gasteiger partial charge in [0.15, 0.2) is 11.0 Å². The zero-order valence-electron chi connectivity index (χ0n) is 16.2. The minimum Gasteiger partial charge on any atom is -0.497 e. The fourth-order valence-corrected chi connectivity index (χ4v) is 3.77. The van der Waals surface area contributed by atoms with Gasteiger partial charge in [0, 0.05) is 6.42 Å². The third kappa shape index (κ3) is 4.17. The van der Waals surface area contributed by atoms with E-state index in [2.05, 4.69) is 10.1 Å². The normalized spacial score (nSPS) is 11.1. The Morgan fingerprint density at radius 1 is 1.10 bits per heavy atom. The highest BCUT2D eigenvalue weighted by Crippen LogP contribution is 2.23. The van der Waals surface area contributed by atoms with Crippen LogP contribution in [0.5, 0.6) is 5.75 Å². The van der Waals surface area contributed by atoms with E-state index in [9.17, 15) is 4.79 Å². The first-order valence-corrected chi connectivity index (χ1v) is 10.2. The Balaban J connectivity index is 1.70. The second kappa shape index (κ2) is 8.48. The molecule has 0 N–H and O–H groups in total. The van der Waals surface area contributed by atoms with Crippen molar-refractivity contribution in [2.75, 3.05) is 7.11 Å². The van der Waals surface area contributed by atoms with Gasteiger partial charge in [-0.15, -0.1) is 0 Å². The lowest BCUT2D eigenvalue weighted by atomic mass is 10.2. The molecule has 0 saturated carbocycles. The van der Waals surface area contributed by atoms with Crippen molar-refractivity contribution in [3.05, 3.63) is 76.2 Å². The van der Waals surface area contributed by atoms with E-state index in [0.29, 0.717) is 46.5 Å². The molecule has 2 heterocycles. The number of aryl methyl sites for hydroxylation is 1. The molecule has 148 valence electrons. The molecule has 0 saturated heterocycles. The summed E-state index contributed by atoms with van der Waals surface area (Å²) in [6, 6.07) is 15.0. The Morgan fingerprint density at radius 3 is 2.62 bits per heavy atom. The molecule has 0 bridgehead atoms. The first kappa shape index (κ1) is 19.2. The lowest BCUT2D eigenvalue weighted by Crippen LogP contribution is -2.24. The van der Waals surface area contributed by atoms with Crippen molar-refractivity contribution in [2.45, 2.75) is 30.8 Å². The number of nitrogens with zero attached hydrogens (tertiary/aromatic N) is 4. The summed E-state index contributed by atoms with van der Waals surface area (Å²) in [7, 11) is 1.63. The summed E-state index contributed by atoms with van der Waals surface area (Å²) >= 11 is 1.41. The van der Waals surface area contributed by atoms with E-state index in [4.69, 9.17) is 14.2 Å². The maximum Gasteiger partial charge on any atom is 0.262 e. The van der Waals surface area contributed by atoms with Gasteiger partial charge in [-0.3, -0.25) is 9.36 Å². The summed E-state index contributed by atoms with van der Waals surface area (Å²) in [5.41, 5.74) is 1.58. The van der Waals surface area contributed by atoms with Crippen LogP contribution in [0.2, 0.25) is 0 Å². The first-order chi connectivity index (χ1) is 14.2. The van der Waals surface area contributed by atoms with Crippen LogP contribution in [0.3, 0.4) is 0 Å². The van der Waals surface area contributed by atoms with Crippen molar-refractivity contribution in [1.29, 1.82) is 0 Å². The van der Waals surface area contributed by atoms with E-state index in [1.165, 1.54) is 11.8 Å². The largest absolute Gasteiger partial charge is 0.497 e. The first-order valence-electron chi connectivity index (χ1n) is 9.24. The Morgan fingerprint density at radius 2 is 1.90 bits per heavy atom. The Labute approximate surface area is 171 Å². The fraction of sp³-hybridized carbons (Fsp3) is 0.238. The monoisotopic (exact) mass is 408 g/mol. The summed E-state index contributed by atoms with van der Waals surface area (Å²) in [6.45, 7) is 2.38. The lowest BCUT2D eigenvalue weighted by molar-refractivity contribution is 0.385. The van der Waals surface area contributed by atoms with Crippen LogP contribution < -0.4 is 10.3 Å². The van der Waals surface area contributed by atoms with Crippen LogP contribution in [0.1, 0.15) is 24.2 Å². The van der Waals surface area contributed by atoms with Gasteiger partial charge in [-0.25, -0.2) is 4.98 Å². The molecule has 0 aliphatic rings. The lowest BCUT2D eigenvalue weighted by Gasteiger charge is -2.13. The summed E-state index contributed by atoms with van der Waals surface area (Å²) in [5.74, 6) is 2.41. The predicted molar refractivity (Wildman–Crippen MR) is 111 cm³/mol. The number of hydrogen-bond donors (Lipinski definition) is 0. The van der Waals surface area contributed by atoms with Crippen molar-refractivity contribution in [1.82, 2.24) is 19.7 Å². The molecular weight excluding hydrogens is 388 g/mol. The van der Waals surface area contributed by atoms with Crippen LogP contribution in [-0.2, 0) is 18.7 Å². The molecule has 4 rings (SSSR count). The Kier molecular flexibility index (Phi) is 5.62. The number of hydrogen-bond acceptors (Lipinski definition) is 7. The van der Waals surface area contributed by atoms with E-state index >= 15 is 0 Å². The highest BCUT2D eigenvalue weighted by molar-refractivity contribution is 7.98. The van der Waals surface area contributed by atoms with Crippen LogP contribution in [0.15, 0.2) is 63.0 Å². The zero-order valence-corrected chi connectivity index (χ0v) is 17.0. The van der Waals surface area contributed by atoms with Crippen LogP contribution >= 0.6 is 11.8 Å². The minimum atomic E-state index is -0.0753. The van der Waals surface area contributed by atoms with E-state index in [1.54, 1.807) is 17.7 Å². The average Bonchev–Trinajstić information content (AvgIpc) is 3.23. The number of methoxy groups -OCH3 is 1. The fourth-order valence-electron chi connectivity index (χ4n) is 2.93. The second-order valence-corrected chi connectivity index (χ2v) is 7.34. The van der Waals surface area contributed by atoms with Gasteiger partial charge in [0.05, 0.1) is 30.3 Å². The van der Waals surface area contributed by atoms with E-state index in [1.807, 2.05) is 49.4 Å². The summed E-state index contributed by atoms with van der Waals surface area (Å²) < 4.78 is 12.2. The number of aromatic nitrogens is 4. The summed E-state index contributed by atoms with van der Waals surface area (Å²) in [6.07, 6.45) is 0.713. The molecule has 0 amide bonds. The number of ether oxygens (including phenoxy) is 1. The van der Waals surface area contributed by atoms with Gasteiger partial charge in [-0.2, -0.15) is 4.98 Å². The molecule has 7 nitrogen and oxygen atoms in total. The standard InChI is InChI=1S/C21H20N4O3S/c1-3-18-23-19(28-24-18)13-29-21-22-17-7-5-4-6-16(17)20(26)25(21)12-14-8-10-15(27-2)11-9-14/h4-11H,3,12-13H2,1-2H3. The quantitative estimate of drug-likeness (QED) is 0.341. The van der Waals surface area contributed by atoms with Gasteiger partial charge < -0.3 is 9.26 Å². The third-order valence-corrected chi connectivity index (χ3v) is 5.44. The van der Waals surface area contributed by atoms with Gasteiger partial charge in [0.2, 0.25) is 5.89 Å². The summed E-state index contributed by atoms with van der Waals surface area (Å²) in [5, 5.41) is 5.13. The van der Waals surface area contributed by atoms with Crippen LogP contribution in [-0.4, -0.2) is 26.8 Å². The van der Waals surface area contributed by atoms with Crippen molar-refractivity contribution in [2.24, 2.45) is 0 Å². The number of fused-ring (bicyclic) bond motifs is 1. The molecule has 8 heteroatoms. The Bertz CT molecular complexity index is 1180. The van der Waals surface area contributed by atoms with Gasteiger partial charge in [0.25, 0.3) is 5.56 Å². The number of thioether (sulfide) groups is 1. The molecule has 0 aliphatic heterocycles. The smallest absolute Gasteiger partial charge is 0.262 e. The molecule has 0 unspecified atom stereocenters. The summed E-state index contributed by atoms with van der Waals surface area (Å²) in [4.78, 5) is 22.2. The maximum atomic E-state index is 13.2. The SMILES string of the molecule is CCc1noc(CSc2nc3ccccc3c(=O)n2Cc2ccc(OC)cc2)n1. The molecule has 0 fully saturated rings. The topological polar surface area (TPSA) is 83.0 Å². The minimum absolute atomic E-state index is 0.0753. The molecule has 0 atom stereocenters. The van der Waals surface area contributed by atoms with Crippen molar-refractivity contribution in [3.8, 4) is 5.75 Å². The van der Waals surface area contributed by atoms with Crippen LogP contribution in [0.4, 0.5) is 0 Å². The average molecular weight is 408 g/mol. The van der Waals surface area contributed by atoms with Crippen LogP contribution in [0, 0.1) is 0 Å². The number of benzene rings is 2.